The van der Waals surface area contributed by atoms with E-state index in [0.29, 0.717) is 0 Å². The van der Waals surface area contributed by atoms with E-state index in [1.807, 2.05) is 17.8 Å². The largest absolute Gasteiger partial charge is 0.325 e. The third-order valence-electron chi connectivity index (χ3n) is 1.32. The van der Waals surface area contributed by atoms with Crippen LogP contribution in [0.25, 0.3) is 0 Å². The second-order valence-corrected chi connectivity index (χ2v) is 3.59. The van der Waals surface area contributed by atoms with Crippen molar-refractivity contribution in [1.29, 1.82) is 0 Å². The molecule has 1 heterocycles. The van der Waals surface area contributed by atoms with Crippen molar-refractivity contribution in [2.45, 2.75) is 5.75 Å². The van der Waals surface area contributed by atoms with Crippen molar-refractivity contribution < 1.29 is 0 Å². The van der Waals surface area contributed by atoms with Crippen molar-refractivity contribution in [3.05, 3.63) is 16.6 Å². The van der Waals surface area contributed by atoms with E-state index in [-0.39, 0.29) is 0 Å². The number of aromatic nitrogens is 2. The summed E-state index contributed by atoms with van der Waals surface area (Å²) < 4.78 is 2.94. The topological polar surface area (TPSA) is 17.8 Å². The molecule has 0 fully saturated rings. The maximum Gasteiger partial charge on any atom is 0.177 e. The molecule has 1 aromatic heterocycles. The van der Waals surface area contributed by atoms with E-state index >= 15 is 0 Å². The van der Waals surface area contributed by atoms with E-state index in [4.69, 9.17) is 0 Å². The monoisotopic (exact) mass is 220 g/mol. The second kappa shape index (κ2) is 3.44. The van der Waals surface area contributed by atoms with Crippen LogP contribution in [0.3, 0.4) is 0 Å². The fraction of sp³-hybridized carbons (Fsp3) is 0.500. The smallest absolute Gasteiger partial charge is 0.177 e. The quantitative estimate of drug-likeness (QED) is 0.760. The van der Waals surface area contributed by atoms with Crippen LogP contribution in [-0.4, -0.2) is 15.8 Å². The summed E-state index contributed by atoms with van der Waals surface area (Å²) in [7, 11) is 2.00. The van der Waals surface area contributed by atoms with Crippen LogP contribution in [0, 0.1) is 0 Å². The summed E-state index contributed by atoms with van der Waals surface area (Å²) >= 11 is 5.13. The molecule has 0 aliphatic rings. The van der Waals surface area contributed by atoms with Crippen molar-refractivity contribution in [3.8, 4) is 0 Å². The fourth-order valence-electron chi connectivity index (χ4n) is 0.701. The summed E-state index contributed by atoms with van der Waals surface area (Å²) in [6.07, 6.45) is 3.97. The van der Waals surface area contributed by atoms with Gasteiger partial charge in [0.2, 0.25) is 0 Å². The Morgan fingerprint density at radius 2 is 2.50 bits per heavy atom. The van der Waals surface area contributed by atoms with Crippen LogP contribution in [0.15, 0.2) is 10.9 Å². The average Bonchev–Trinajstić information content (AvgIpc) is 2.20. The molecule has 10 heavy (non-hydrogen) atoms. The highest BCUT2D eigenvalue weighted by molar-refractivity contribution is 9.10. The van der Waals surface area contributed by atoms with Crippen molar-refractivity contribution in [1.82, 2.24) is 9.55 Å². The molecule has 4 heteroatoms. The Labute approximate surface area is 73.2 Å². The van der Waals surface area contributed by atoms with Crippen LogP contribution in [0.1, 0.15) is 5.69 Å². The minimum Gasteiger partial charge on any atom is -0.325 e. The Bertz CT molecular complexity index is 222. The van der Waals surface area contributed by atoms with E-state index < -0.39 is 0 Å². The first-order chi connectivity index (χ1) is 4.75. The molecule has 0 saturated carbocycles. The first-order valence-corrected chi connectivity index (χ1v) is 5.09. The van der Waals surface area contributed by atoms with Crippen LogP contribution in [-0.2, 0) is 12.8 Å². The molecule has 1 rings (SSSR count). The van der Waals surface area contributed by atoms with Gasteiger partial charge in [0.05, 0.1) is 6.20 Å². The number of hydrogen-bond donors (Lipinski definition) is 0. The predicted octanol–water partition coefficient (Wildman–Crippen LogP) is 2.05. The van der Waals surface area contributed by atoms with Gasteiger partial charge in [-0.15, -0.1) is 0 Å². The molecule has 0 atom stereocenters. The summed E-state index contributed by atoms with van der Waals surface area (Å²) in [6.45, 7) is 0. The Hall–Kier alpha value is 0.0400. The molecule has 0 unspecified atom stereocenters. The molecule has 0 bridgehead atoms. The van der Waals surface area contributed by atoms with Crippen molar-refractivity contribution >= 4 is 27.7 Å². The molecule has 0 saturated heterocycles. The molecule has 0 aromatic carbocycles. The van der Waals surface area contributed by atoms with E-state index in [2.05, 4.69) is 27.2 Å². The van der Waals surface area contributed by atoms with E-state index in [9.17, 15) is 0 Å². The van der Waals surface area contributed by atoms with Gasteiger partial charge in [-0.1, -0.05) is 0 Å². The summed E-state index contributed by atoms with van der Waals surface area (Å²) in [6, 6.07) is 0. The van der Waals surface area contributed by atoms with Gasteiger partial charge in [-0.25, -0.2) is 4.98 Å². The Kier molecular flexibility index (Phi) is 2.80. The molecule has 1 aromatic rings. The molecule has 0 radical (unpaired) electrons. The molecule has 0 spiro atoms. The van der Waals surface area contributed by atoms with Crippen LogP contribution in [0.4, 0.5) is 0 Å². The average molecular weight is 221 g/mol. The Balaban J connectivity index is 2.83. The number of imidazole rings is 1. The molecule has 0 amide bonds. The fourth-order valence-corrected chi connectivity index (χ4v) is 1.60. The van der Waals surface area contributed by atoms with E-state index in [0.717, 1.165) is 10.5 Å². The predicted molar refractivity (Wildman–Crippen MR) is 48.1 cm³/mol. The molecular weight excluding hydrogens is 212 g/mol. The van der Waals surface area contributed by atoms with Crippen LogP contribution < -0.4 is 0 Å². The number of rotatable bonds is 2. The SMILES string of the molecule is CSCc1cnc(Br)n1C. The van der Waals surface area contributed by atoms with Gasteiger partial charge in [-0.3, -0.25) is 0 Å². The highest BCUT2D eigenvalue weighted by Gasteiger charge is 2.00. The molecule has 0 aliphatic carbocycles. The summed E-state index contributed by atoms with van der Waals surface area (Å²) in [5, 5.41) is 0. The van der Waals surface area contributed by atoms with Gasteiger partial charge in [0.1, 0.15) is 0 Å². The lowest BCUT2D eigenvalue weighted by atomic mass is 10.5. The van der Waals surface area contributed by atoms with Gasteiger partial charge in [0.25, 0.3) is 0 Å². The van der Waals surface area contributed by atoms with Crippen molar-refractivity contribution in [2.24, 2.45) is 7.05 Å². The standard InChI is InChI=1S/C6H9BrN2S/c1-9-5(4-10-2)3-8-6(9)7/h3H,4H2,1-2H3. The van der Waals surface area contributed by atoms with Crippen molar-refractivity contribution in [2.75, 3.05) is 6.26 Å². The van der Waals surface area contributed by atoms with Crippen LogP contribution in [0.5, 0.6) is 0 Å². The number of thioether (sulfide) groups is 1. The summed E-state index contributed by atoms with van der Waals surface area (Å²) in [5.74, 6) is 1.02. The highest BCUT2D eigenvalue weighted by atomic mass is 79.9. The maximum atomic E-state index is 4.10. The van der Waals surface area contributed by atoms with Gasteiger partial charge >= 0.3 is 0 Å². The zero-order chi connectivity index (χ0) is 7.56. The van der Waals surface area contributed by atoms with Crippen LogP contribution >= 0.6 is 27.7 Å². The second-order valence-electron chi connectivity index (χ2n) is 2.01. The highest BCUT2D eigenvalue weighted by Crippen LogP contribution is 2.13. The third kappa shape index (κ3) is 1.55. The summed E-state index contributed by atoms with van der Waals surface area (Å²) in [5.41, 5.74) is 1.25. The van der Waals surface area contributed by atoms with E-state index in [1.165, 1.54) is 5.69 Å². The van der Waals surface area contributed by atoms with Gasteiger partial charge in [0, 0.05) is 18.5 Å². The molecule has 56 valence electrons. The Morgan fingerprint density at radius 1 is 1.80 bits per heavy atom. The number of halogens is 1. The minimum atomic E-state index is 0.900. The summed E-state index contributed by atoms with van der Waals surface area (Å²) in [4.78, 5) is 4.10. The number of nitrogens with zero attached hydrogens (tertiary/aromatic N) is 2. The zero-order valence-electron chi connectivity index (χ0n) is 5.97. The van der Waals surface area contributed by atoms with Crippen molar-refractivity contribution in [3.63, 3.8) is 0 Å². The first kappa shape index (κ1) is 8.14. The maximum absolute atomic E-state index is 4.10. The Morgan fingerprint density at radius 3 is 2.90 bits per heavy atom. The lowest BCUT2D eigenvalue weighted by Crippen LogP contribution is -1.93. The number of hydrogen-bond acceptors (Lipinski definition) is 2. The molecule has 0 N–H and O–H groups in total. The zero-order valence-corrected chi connectivity index (χ0v) is 8.37. The minimum absolute atomic E-state index is 0.900. The van der Waals surface area contributed by atoms with Gasteiger partial charge < -0.3 is 4.57 Å². The molecule has 0 aliphatic heterocycles. The van der Waals surface area contributed by atoms with Gasteiger partial charge in [-0.05, 0) is 22.2 Å². The first-order valence-electron chi connectivity index (χ1n) is 2.90. The lowest BCUT2D eigenvalue weighted by Gasteiger charge is -1.98. The van der Waals surface area contributed by atoms with E-state index in [1.54, 1.807) is 11.8 Å². The normalized spacial score (nSPS) is 10.3. The molecular formula is C6H9BrN2S. The lowest BCUT2D eigenvalue weighted by molar-refractivity contribution is 0.840. The van der Waals surface area contributed by atoms with Gasteiger partial charge in [0.15, 0.2) is 4.73 Å². The molecule has 2 nitrogen and oxygen atoms in total. The van der Waals surface area contributed by atoms with Gasteiger partial charge in [-0.2, -0.15) is 11.8 Å². The van der Waals surface area contributed by atoms with Crippen LogP contribution in [0.2, 0.25) is 0 Å². The third-order valence-corrected chi connectivity index (χ3v) is 2.64.